The number of nitrogens with one attached hydrogen (secondary N) is 2. The normalized spacial score (nSPS) is 15.4. The van der Waals surface area contributed by atoms with E-state index in [9.17, 15) is 23.1 Å². The lowest BCUT2D eigenvalue weighted by Gasteiger charge is -2.19. The number of hydrogen-bond donors (Lipinski definition) is 3. The van der Waals surface area contributed by atoms with Gasteiger partial charge in [0.1, 0.15) is 5.75 Å². The average Bonchev–Trinajstić information content (AvgIpc) is 3.20. The molecule has 2 aromatic rings. The van der Waals surface area contributed by atoms with Crippen LogP contribution in [0, 0.1) is 0 Å². The molecule has 1 aliphatic carbocycles. The van der Waals surface area contributed by atoms with Crippen LogP contribution in [0.5, 0.6) is 5.75 Å². The van der Waals surface area contributed by atoms with Crippen molar-refractivity contribution in [2.75, 3.05) is 5.32 Å². The van der Waals surface area contributed by atoms with Crippen LogP contribution in [0.1, 0.15) is 50.6 Å². The number of anilines is 1. The van der Waals surface area contributed by atoms with Crippen molar-refractivity contribution in [1.82, 2.24) is 4.72 Å². The van der Waals surface area contributed by atoms with Gasteiger partial charge in [0.05, 0.1) is 23.5 Å². The van der Waals surface area contributed by atoms with Gasteiger partial charge in [-0.1, -0.05) is 12.1 Å². The SMILES string of the molecule is CC(=O)Nc1ccc(S(=O)(=O)NC(CC(=O)O)c2ccc(OC3CCCC3)cc2)cc1. The van der Waals surface area contributed by atoms with Crippen molar-refractivity contribution in [2.45, 2.75) is 56.1 Å². The van der Waals surface area contributed by atoms with Gasteiger partial charge in [0.2, 0.25) is 15.9 Å². The lowest BCUT2D eigenvalue weighted by molar-refractivity contribution is -0.137. The lowest BCUT2D eigenvalue weighted by atomic mass is 10.0. The molecule has 0 spiro atoms. The molecule has 0 heterocycles. The molecule has 2 aromatic carbocycles. The number of carbonyl (C=O) groups excluding carboxylic acids is 1. The van der Waals surface area contributed by atoms with E-state index in [1.807, 2.05) is 0 Å². The molecule has 0 saturated heterocycles. The van der Waals surface area contributed by atoms with Gasteiger partial charge in [-0.2, -0.15) is 0 Å². The van der Waals surface area contributed by atoms with Gasteiger partial charge in [0.25, 0.3) is 0 Å². The van der Waals surface area contributed by atoms with Crippen molar-refractivity contribution in [3.05, 3.63) is 54.1 Å². The molecule has 0 radical (unpaired) electrons. The summed E-state index contributed by atoms with van der Waals surface area (Å²) >= 11 is 0. The maximum absolute atomic E-state index is 12.8. The van der Waals surface area contributed by atoms with Crippen LogP contribution in [-0.4, -0.2) is 31.5 Å². The molecule has 1 amide bonds. The minimum atomic E-state index is -3.98. The second kappa shape index (κ2) is 9.93. The molecule has 166 valence electrons. The van der Waals surface area contributed by atoms with Crippen LogP contribution in [0.25, 0.3) is 0 Å². The van der Waals surface area contributed by atoms with Crippen LogP contribution in [0.3, 0.4) is 0 Å². The van der Waals surface area contributed by atoms with Gasteiger partial charge in [-0.25, -0.2) is 13.1 Å². The number of benzene rings is 2. The smallest absolute Gasteiger partial charge is 0.305 e. The number of sulfonamides is 1. The molecule has 3 rings (SSSR count). The Bertz CT molecular complexity index is 1010. The Morgan fingerprint density at radius 3 is 2.23 bits per heavy atom. The average molecular weight is 447 g/mol. The Morgan fingerprint density at radius 1 is 1.06 bits per heavy atom. The van der Waals surface area contributed by atoms with Crippen molar-refractivity contribution in [2.24, 2.45) is 0 Å². The Balaban J connectivity index is 1.75. The summed E-state index contributed by atoms with van der Waals surface area (Å²) in [5.41, 5.74) is 0.992. The van der Waals surface area contributed by atoms with Crippen LogP contribution in [0.15, 0.2) is 53.4 Å². The van der Waals surface area contributed by atoms with Crippen molar-refractivity contribution in [1.29, 1.82) is 0 Å². The fraction of sp³-hybridized carbons (Fsp3) is 0.364. The van der Waals surface area contributed by atoms with E-state index in [2.05, 4.69) is 10.0 Å². The molecule has 0 aliphatic heterocycles. The Morgan fingerprint density at radius 2 is 1.68 bits per heavy atom. The van der Waals surface area contributed by atoms with E-state index in [1.54, 1.807) is 24.3 Å². The van der Waals surface area contributed by atoms with E-state index in [-0.39, 0.29) is 16.9 Å². The molecular weight excluding hydrogens is 420 g/mol. The minimum Gasteiger partial charge on any atom is -0.490 e. The molecule has 0 bridgehead atoms. The van der Waals surface area contributed by atoms with E-state index in [0.29, 0.717) is 17.0 Å². The molecule has 3 N–H and O–H groups in total. The van der Waals surface area contributed by atoms with E-state index in [0.717, 1.165) is 25.7 Å². The summed E-state index contributed by atoms with van der Waals surface area (Å²) < 4.78 is 34.0. The Hall–Kier alpha value is -2.91. The first-order valence-corrected chi connectivity index (χ1v) is 11.6. The largest absolute Gasteiger partial charge is 0.490 e. The van der Waals surface area contributed by atoms with E-state index in [4.69, 9.17) is 4.74 Å². The standard InChI is InChI=1S/C22H26N2O6S/c1-15(25)23-17-8-12-20(13-9-17)31(28,29)24-21(14-22(26)27)16-6-10-19(11-7-16)30-18-4-2-3-5-18/h6-13,18,21,24H,2-5,14H2,1H3,(H,23,25)(H,26,27). The van der Waals surface area contributed by atoms with E-state index in [1.165, 1.54) is 31.2 Å². The molecule has 0 aromatic heterocycles. The highest BCUT2D eigenvalue weighted by molar-refractivity contribution is 7.89. The van der Waals surface area contributed by atoms with Crippen molar-refractivity contribution < 1.29 is 27.9 Å². The third kappa shape index (κ3) is 6.53. The van der Waals surface area contributed by atoms with Gasteiger partial charge in [-0.15, -0.1) is 0 Å². The molecule has 1 saturated carbocycles. The third-order valence-corrected chi connectivity index (χ3v) is 6.54. The van der Waals surface area contributed by atoms with Crippen LogP contribution in [-0.2, 0) is 19.6 Å². The fourth-order valence-corrected chi connectivity index (χ4v) is 4.78. The van der Waals surface area contributed by atoms with E-state index < -0.39 is 28.5 Å². The summed E-state index contributed by atoms with van der Waals surface area (Å²) in [6.07, 6.45) is 4.12. The van der Waals surface area contributed by atoms with Crippen molar-refractivity contribution in [3.63, 3.8) is 0 Å². The molecule has 1 atom stereocenters. The minimum absolute atomic E-state index is 0.0295. The summed E-state index contributed by atoms with van der Waals surface area (Å²) in [5.74, 6) is -0.711. The topological polar surface area (TPSA) is 122 Å². The molecule has 1 unspecified atom stereocenters. The van der Waals surface area contributed by atoms with Gasteiger partial charge in [0.15, 0.2) is 0 Å². The van der Waals surface area contributed by atoms with Gasteiger partial charge in [-0.3, -0.25) is 9.59 Å². The first kappa shape index (κ1) is 22.8. The number of rotatable bonds is 9. The first-order chi connectivity index (χ1) is 14.7. The summed E-state index contributed by atoms with van der Waals surface area (Å²) in [5, 5.41) is 11.8. The maximum atomic E-state index is 12.8. The number of carboxylic acid groups (broad SMARTS) is 1. The molecule has 1 fully saturated rings. The van der Waals surface area contributed by atoms with Crippen molar-refractivity contribution >= 4 is 27.6 Å². The highest BCUT2D eigenvalue weighted by atomic mass is 32.2. The monoisotopic (exact) mass is 446 g/mol. The molecule has 31 heavy (non-hydrogen) atoms. The highest BCUT2D eigenvalue weighted by Gasteiger charge is 2.24. The van der Waals surface area contributed by atoms with Crippen LogP contribution >= 0.6 is 0 Å². The Kier molecular flexibility index (Phi) is 7.29. The van der Waals surface area contributed by atoms with Crippen LogP contribution in [0.2, 0.25) is 0 Å². The van der Waals surface area contributed by atoms with Gasteiger partial charge < -0.3 is 15.2 Å². The predicted molar refractivity (Wildman–Crippen MR) is 115 cm³/mol. The molecular formula is C22H26N2O6S. The number of amides is 1. The molecule has 8 nitrogen and oxygen atoms in total. The second-order valence-corrected chi connectivity index (χ2v) is 9.28. The van der Waals surface area contributed by atoms with Gasteiger partial charge >= 0.3 is 5.97 Å². The molecule has 9 heteroatoms. The predicted octanol–water partition coefficient (Wildman–Crippen LogP) is 3.46. The van der Waals surface area contributed by atoms with Gasteiger partial charge in [-0.05, 0) is 67.6 Å². The number of hydrogen-bond acceptors (Lipinski definition) is 5. The zero-order valence-electron chi connectivity index (χ0n) is 17.2. The number of ether oxygens (including phenoxy) is 1. The third-order valence-electron chi connectivity index (χ3n) is 5.05. The van der Waals surface area contributed by atoms with Crippen LogP contribution in [0.4, 0.5) is 5.69 Å². The fourth-order valence-electron chi connectivity index (χ4n) is 3.56. The number of aliphatic carboxylic acids is 1. The van der Waals surface area contributed by atoms with E-state index >= 15 is 0 Å². The highest BCUT2D eigenvalue weighted by Crippen LogP contribution is 2.27. The quantitative estimate of drug-likeness (QED) is 0.542. The Labute approximate surface area is 181 Å². The second-order valence-electron chi connectivity index (χ2n) is 7.57. The maximum Gasteiger partial charge on any atom is 0.305 e. The van der Waals surface area contributed by atoms with Crippen molar-refractivity contribution in [3.8, 4) is 5.75 Å². The molecule has 1 aliphatic rings. The summed E-state index contributed by atoms with van der Waals surface area (Å²) in [6.45, 7) is 1.35. The number of carbonyl (C=O) groups is 2. The first-order valence-electron chi connectivity index (χ1n) is 10.1. The summed E-state index contributed by atoms with van der Waals surface area (Å²) in [6, 6.07) is 11.5. The summed E-state index contributed by atoms with van der Waals surface area (Å²) in [7, 11) is -3.98. The van der Waals surface area contributed by atoms with Gasteiger partial charge in [0, 0.05) is 12.6 Å². The zero-order chi connectivity index (χ0) is 22.4. The van der Waals surface area contributed by atoms with Crippen LogP contribution < -0.4 is 14.8 Å². The number of carboxylic acids is 1. The zero-order valence-corrected chi connectivity index (χ0v) is 18.0. The lowest BCUT2D eigenvalue weighted by Crippen LogP contribution is -2.30. The summed E-state index contributed by atoms with van der Waals surface area (Å²) in [4.78, 5) is 22.4.